The second-order valence-corrected chi connectivity index (χ2v) is 3.38. The van der Waals surface area contributed by atoms with E-state index in [-0.39, 0.29) is 0 Å². The molecule has 0 aliphatic heterocycles. The lowest BCUT2D eigenvalue weighted by Gasteiger charge is -1.98. The first-order chi connectivity index (χ1) is 7.83. The molecule has 3 aromatic rings. The van der Waals surface area contributed by atoms with E-state index >= 15 is 0 Å². The Bertz CT molecular complexity index is 623. The first kappa shape index (κ1) is 8.84. The number of rotatable bonds is 2. The van der Waals surface area contributed by atoms with Gasteiger partial charge in [0.2, 0.25) is 0 Å². The third-order valence-corrected chi connectivity index (χ3v) is 2.20. The fraction of sp³-hybridized carbons (Fsp3) is 0.111. The number of nitrogens with zero attached hydrogens (tertiary/aromatic N) is 6. The fourth-order valence-electron chi connectivity index (χ4n) is 1.50. The highest BCUT2D eigenvalue weighted by Crippen LogP contribution is 2.04. The molecule has 80 valence electrons. The minimum atomic E-state index is 0.495. The Labute approximate surface area is 90.5 Å². The molecule has 0 saturated heterocycles. The van der Waals surface area contributed by atoms with E-state index in [2.05, 4.69) is 20.4 Å². The van der Waals surface area contributed by atoms with Crippen molar-refractivity contribution in [2.45, 2.75) is 6.54 Å². The van der Waals surface area contributed by atoms with E-state index in [0.717, 1.165) is 11.5 Å². The van der Waals surface area contributed by atoms with Crippen molar-refractivity contribution in [3.05, 3.63) is 36.5 Å². The number of nitrogen functional groups attached to an aromatic ring is 1. The molecule has 0 aliphatic carbocycles. The van der Waals surface area contributed by atoms with Crippen molar-refractivity contribution in [1.29, 1.82) is 0 Å². The van der Waals surface area contributed by atoms with Gasteiger partial charge in [0.15, 0.2) is 11.5 Å². The summed E-state index contributed by atoms with van der Waals surface area (Å²) < 4.78 is 3.37. The standard InChI is InChI=1S/C9H9N7/c10-7-4-12-15(5-7)6-9-14-13-8-2-1-3-11-16(8)9/h1-5H,6,10H2. The lowest BCUT2D eigenvalue weighted by atomic mass is 10.5. The molecule has 0 bridgehead atoms. The Morgan fingerprint density at radius 2 is 2.19 bits per heavy atom. The molecule has 0 fully saturated rings. The number of hydrogen-bond donors (Lipinski definition) is 1. The molecular formula is C9H9N7. The van der Waals surface area contributed by atoms with Crippen LogP contribution < -0.4 is 5.73 Å². The maximum atomic E-state index is 5.58. The van der Waals surface area contributed by atoms with Gasteiger partial charge < -0.3 is 5.73 Å². The lowest BCUT2D eigenvalue weighted by molar-refractivity contribution is 0.636. The van der Waals surface area contributed by atoms with Gasteiger partial charge in [-0.15, -0.1) is 10.2 Å². The lowest BCUT2D eigenvalue weighted by Crippen LogP contribution is -2.06. The van der Waals surface area contributed by atoms with Gasteiger partial charge in [0, 0.05) is 12.4 Å². The van der Waals surface area contributed by atoms with Crippen LogP contribution in [0.3, 0.4) is 0 Å². The second kappa shape index (κ2) is 3.30. The summed E-state index contributed by atoms with van der Waals surface area (Å²) in [4.78, 5) is 0. The molecule has 7 heteroatoms. The molecule has 0 atom stereocenters. The molecule has 0 aliphatic rings. The topological polar surface area (TPSA) is 86.9 Å². The molecule has 16 heavy (non-hydrogen) atoms. The Balaban J connectivity index is 2.00. The maximum absolute atomic E-state index is 5.58. The zero-order chi connectivity index (χ0) is 11.0. The monoisotopic (exact) mass is 215 g/mol. The van der Waals surface area contributed by atoms with Crippen molar-refractivity contribution in [3.8, 4) is 0 Å². The van der Waals surface area contributed by atoms with Crippen LogP contribution in [0.25, 0.3) is 5.65 Å². The minimum Gasteiger partial charge on any atom is -0.396 e. The highest BCUT2D eigenvalue weighted by molar-refractivity contribution is 5.35. The molecule has 0 saturated carbocycles. The van der Waals surface area contributed by atoms with Gasteiger partial charge in [0.25, 0.3) is 0 Å². The van der Waals surface area contributed by atoms with Gasteiger partial charge in [-0.1, -0.05) is 0 Å². The van der Waals surface area contributed by atoms with E-state index < -0.39 is 0 Å². The van der Waals surface area contributed by atoms with Gasteiger partial charge in [-0.25, -0.2) is 0 Å². The summed E-state index contributed by atoms with van der Waals surface area (Å²) in [6.07, 6.45) is 5.03. The van der Waals surface area contributed by atoms with Gasteiger partial charge in [-0.05, 0) is 12.1 Å². The summed E-state index contributed by atoms with van der Waals surface area (Å²) in [7, 11) is 0. The Morgan fingerprint density at radius 3 is 3.00 bits per heavy atom. The van der Waals surface area contributed by atoms with E-state index in [9.17, 15) is 0 Å². The molecule has 3 rings (SSSR count). The van der Waals surface area contributed by atoms with Gasteiger partial charge in [-0.2, -0.15) is 14.7 Å². The number of hydrogen-bond acceptors (Lipinski definition) is 5. The SMILES string of the molecule is Nc1cnn(Cc2nnc3cccnn23)c1. The van der Waals surface area contributed by atoms with Gasteiger partial charge in [0.05, 0.1) is 11.9 Å². The van der Waals surface area contributed by atoms with Crippen LogP contribution >= 0.6 is 0 Å². The van der Waals surface area contributed by atoms with Crippen molar-refractivity contribution < 1.29 is 0 Å². The van der Waals surface area contributed by atoms with Gasteiger partial charge in [0.1, 0.15) is 6.54 Å². The van der Waals surface area contributed by atoms with E-state index in [1.165, 1.54) is 0 Å². The summed E-state index contributed by atoms with van der Waals surface area (Å²) in [6, 6.07) is 3.67. The van der Waals surface area contributed by atoms with Crippen LogP contribution in [0.5, 0.6) is 0 Å². The van der Waals surface area contributed by atoms with Crippen molar-refractivity contribution >= 4 is 11.3 Å². The van der Waals surface area contributed by atoms with Crippen molar-refractivity contribution in [1.82, 2.24) is 29.6 Å². The second-order valence-electron chi connectivity index (χ2n) is 3.38. The minimum absolute atomic E-state index is 0.495. The quantitative estimate of drug-likeness (QED) is 0.647. The summed E-state index contributed by atoms with van der Waals surface area (Å²) in [5.41, 5.74) is 6.93. The summed E-state index contributed by atoms with van der Waals surface area (Å²) in [6.45, 7) is 0.495. The summed E-state index contributed by atoms with van der Waals surface area (Å²) >= 11 is 0. The van der Waals surface area contributed by atoms with Gasteiger partial charge in [-0.3, -0.25) is 4.68 Å². The predicted molar refractivity (Wildman–Crippen MR) is 56.5 cm³/mol. The number of aromatic nitrogens is 6. The van der Waals surface area contributed by atoms with Crippen LogP contribution in [-0.2, 0) is 6.54 Å². The molecule has 0 amide bonds. The normalized spacial score (nSPS) is 11.0. The van der Waals surface area contributed by atoms with E-state index in [1.54, 1.807) is 27.8 Å². The fourth-order valence-corrected chi connectivity index (χ4v) is 1.50. The molecule has 0 radical (unpaired) electrons. The van der Waals surface area contributed by atoms with Crippen LogP contribution in [0.2, 0.25) is 0 Å². The average Bonchev–Trinajstić information content (AvgIpc) is 2.87. The molecule has 0 spiro atoms. The van der Waals surface area contributed by atoms with Gasteiger partial charge >= 0.3 is 0 Å². The zero-order valence-corrected chi connectivity index (χ0v) is 8.35. The largest absolute Gasteiger partial charge is 0.396 e. The van der Waals surface area contributed by atoms with E-state index in [1.807, 2.05) is 12.1 Å². The Kier molecular flexibility index (Phi) is 1.82. The Hall–Kier alpha value is -2.44. The number of fused-ring (bicyclic) bond motifs is 1. The van der Waals surface area contributed by atoms with Crippen LogP contribution in [0, 0.1) is 0 Å². The van der Waals surface area contributed by atoms with Crippen molar-refractivity contribution in [2.24, 2.45) is 0 Å². The Morgan fingerprint density at radius 1 is 1.25 bits per heavy atom. The maximum Gasteiger partial charge on any atom is 0.177 e. The molecule has 3 heterocycles. The van der Waals surface area contributed by atoms with E-state index in [4.69, 9.17) is 5.73 Å². The molecule has 7 nitrogen and oxygen atoms in total. The smallest absolute Gasteiger partial charge is 0.177 e. The predicted octanol–water partition coefficient (Wildman–Crippen LogP) is -0.0487. The summed E-state index contributed by atoms with van der Waals surface area (Å²) in [5.74, 6) is 0.721. The first-order valence-corrected chi connectivity index (χ1v) is 4.76. The number of anilines is 1. The van der Waals surface area contributed by atoms with Crippen molar-refractivity contribution in [3.63, 3.8) is 0 Å². The van der Waals surface area contributed by atoms with Crippen LogP contribution in [0.1, 0.15) is 5.82 Å². The highest BCUT2D eigenvalue weighted by Gasteiger charge is 2.06. The van der Waals surface area contributed by atoms with Crippen LogP contribution in [0.15, 0.2) is 30.7 Å². The van der Waals surface area contributed by atoms with Crippen LogP contribution in [-0.4, -0.2) is 29.6 Å². The molecule has 2 N–H and O–H groups in total. The first-order valence-electron chi connectivity index (χ1n) is 4.76. The molecule has 0 aromatic carbocycles. The molecule has 0 unspecified atom stereocenters. The molecular weight excluding hydrogens is 206 g/mol. The zero-order valence-electron chi connectivity index (χ0n) is 8.35. The van der Waals surface area contributed by atoms with E-state index in [0.29, 0.717) is 12.2 Å². The van der Waals surface area contributed by atoms with Crippen LogP contribution in [0.4, 0.5) is 5.69 Å². The summed E-state index contributed by atoms with van der Waals surface area (Å²) in [5, 5.41) is 16.3. The highest BCUT2D eigenvalue weighted by atomic mass is 15.4. The third-order valence-electron chi connectivity index (χ3n) is 2.20. The van der Waals surface area contributed by atoms with Crippen molar-refractivity contribution in [2.75, 3.05) is 5.73 Å². The molecule has 3 aromatic heterocycles. The number of nitrogens with two attached hydrogens (primary N) is 1. The average molecular weight is 215 g/mol. The third kappa shape index (κ3) is 1.38.